The van der Waals surface area contributed by atoms with Gasteiger partial charge in [0.2, 0.25) is 11.9 Å². The second kappa shape index (κ2) is 8.46. The van der Waals surface area contributed by atoms with Gasteiger partial charge in [0, 0.05) is 37.2 Å². The first-order valence-corrected chi connectivity index (χ1v) is 9.97. The smallest absolute Gasteiger partial charge is 0.262 e. The van der Waals surface area contributed by atoms with Gasteiger partial charge in [-0.2, -0.15) is 4.98 Å². The van der Waals surface area contributed by atoms with Crippen molar-refractivity contribution in [3.63, 3.8) is 0 Å². The number of anilines is 4. The largest absolute Gasteiger partial charge is 0.363 e. The summed E-state index contributed by atoms with van der Waals surface area (Å²) in [6.45, 7) is 1.55. The minimum atomic E-state index is -0.462. The zero-order valence-corrected chi connectivity index (χ0v) is 17.9. The Kier molecular flexibility index (Phi) is 5.55. The highest BCUT2D eigenvalue weighted by atomic mass is 16.2. The molecule has 4 rings (SSSR count). The Labute approximate surface area is 185 Å². The van der Waals surface area contributed by atoms with Gasteiger partial charge in [0.05, 0.1) is 11.1 Å². The molecule has 0 unspecified atom stereocenters. The van der Waals surface area contributed by atoms with Gasteiger partial charge in [-0.25, -0.2) is 4.98 Å². The van der Waals surface area contributed by atoms with Gasteiger partial charge in [0.25, 0.3) is 11.8 Å². The first kappa shape index (κ1) is 21.0. The lowest BCUT2D eigenvalue weighted by molar-refractivity contribution is -0.116. The SMILES string of the molecule is Cc1cc(N(C)C)nc(Nc2ccc(NC(=O)CN3C(=O)c4ccccc4C3=O)cc2)n1. The van der Waals surface area contributed by atoms with Gasteiger partial charge < -0.3 is 15.5 Å². The predicted octanol–water partition coefficient (Wildman–Crippen LogP) is 2.83. The van der Waals surface area contributed by atoms with Crippen molar-refractivity contribution in [2.75, 3.05) is 36.2 Å². The van der Waals surface area contributed by atoms with E-state index in [1.54, 1.807) is 48.5 Å². The van der Waals surface area contributed by atoms with E-state index in [9.17, 15) is 14.4 Å². The average Bonchev–Trinajstić information content (AvgIpc) is 3.00. The highest BCUT2D eigenvalue weighted by Gasteiger charge is 2.36. The van der Waals surface area contributed by atoms with Gasteiger partial charge in [-0.1, -0.05) is 12.1 Å². The second-order valence-corrected chi connectivity index (χ2v) is 7.58. The van der Waals surface area contributed by atoms with Gasteiger partial charge in [-0.3, -0.25) is 19.3 Å². The van der Waals surface area contributed by atoms with Crippen LogP contribution in [0.5, 0.6) is 0 Å². The summed E-state index contributed by atoms with van der Waals surface area (Å²) in [7, 11) is 3.82. The fraction of sp³-hybridized carbons (Fsp3) is 0.174. The van der Waals surface area contributed by atoms with Crippen LogP contribution in [-0.2, 0) is 4.79 Å². The van der Waals surface area contributed by atoms with Crippen LogP contribution in [0, 0.1) is 6.92 Å². The Morgan fingerprint density at radius 1 is 0.938 bits per heavy atom. The molecule has 0 saturated carbocycles. The van der Waals surface area contributed by atoms with Crippen LogP contribution in [0.1, 0.15) is 26.4 Å². The van der Waals surface area contributed by atoms with E-state index in [-0.39, 0.29) is 6.54 Å². The zero-order valence-electron chi connectivity index (χ0n) is 17.9. The van der Waals surface area contributed by atoms with Crippen LogP contribution in [0.2, 0.25) is 0 Å². The highest BCUT2D eigenvalue weighted by Crippen LogP contribution is 2.23. The summed E-state index contributed by atoms with van der Waals surface area (Å²) in [5.74, 6) is -0.128. The molecule has 0 bridgehead atoms. The Bertz CT molecular complexity index is 1170. The Morgan fingerprint density at radius 3 is 2.12 bits per heavy atom. The number of hydrogen-bond donors (Lipinski definition) is 2. The molecule has 162 valence electrons. The fourth-order valence-electron chi connectivity index (χ4n) is 3.33. The molecule has 3 aromatic rings. The maximum atomic E-state index is 12.4. The summed E-state index contributed by atoms with van der Waals surface area (Å²) < 4.78 is 0. The fourth-order valence-corrected chi connectivity index (χ4v) is 3.33. The molecule has 0 aliphatic carbocycles. The number of amides is 3. The molecule has 1 aliphatic rings. The third-order valence-corrected chi connectivity index (χ3v) is 4.90. The van der Waals surface area contributed by atoms with Crippen molar-refractivity contribution in [3.05, 3.63) is 71.4 Å². The van der Waals surface area contributed by atoms with Crippen LogP contribution >= 0.6 is 0 Å². The molecule has 9 nitrogen and oxygen atoms in total. The topological polar surface area (TPSA) is 108 Å². The summed E-state index contributed by atoms with van der Waals surface area (Å²) >= 11 is 0. The summed E-state index contributed by atoms with van der Waals surface area (Å²) in [6.07, 6.45) is 0. The van der Waals surface area contributed by atoms with Crippen LogP contribution < -0.4 is 15.5 Å². The number of carbonyl (C=O) groups is 3. The van der Waals surface area contributed by atoms with E-state index < -0.39 is 17.7 Å². The predicted molar refractivity (Wildman–Crippen MR) is 121 cm³/mol. The van der Waals surface area contributed by atoms with Crippen molar-refractivity contribution in [2.24, 2.45) is 0 Å². The molecular weight excluding hydrogens is 408 g/mol. The van der Waals surface area contributed by atoms with E-state index in [2.05, 4.69) is 20.6 Å². The number of aromatic nitrogens is 2. The number of imide groups is 1. The monoisotopic (exact) mass is 430 g/mol. The van der Waals surface area contributed by atoms with Crippen LogP contribution in [0.25, 0.3) is 0 Å². The van der Waals surface area contributed by atoms with Crippen molar-refractivity contribution in [2.45, 2.75) is 6.92 Å². The minimum absolute atomic E-state index is 0.316. The summed E-state index contributed by atoms with van der Waals surface area (Å²) in [6, 6.07) is 15.4. The van der Waals surface area contributed by atoms with E-state index in [1.807, 2.05) is 32.0 Å². The number of fused-ring (bicyclic) bond motifs is 1. The van der Waals surface area contributed by atoms with E-state index >= 15 is 0 Å². The number of nitrogens with one attached hydrogen (secondary N) is 2. The average molecular weight is 430 g/mol. The van der Waals surface area contributed by atoms with E-state index in [0.29, 0.717) is 22.8 Å². The first-order valence-electron chi connectivity index (χ1n) is 9.97. The molecule has 0 spiro atoms. The molecular formula is C23H22N6O3. The summed E-state index contributed by atoms with van der Waals surface area (Å²) in [4.78, 5) is 48.9. The number of nitrogens with zero attached hydrogens (tertiary/aromatic N) is 4. The van der Waals surface area contributed by atoms with E-state index in [0.717, 1.165) is 22.1 Å². The minimum Gasteiger partial charge on any atom is -0.363 e. The molecule has 3 amide bonds. The lowest BCUT2D eigenvalue weighted by Gasteiger charge is -2.15. The van der Waals surface area contributed by atoms with Crippen LogP contribution in [-0.4, -0.2) is 53.2 Å². The number of aryl methyl sites for hydroxylation is 1. The molecule has 2 aromatic carbocycles. The quantitative estimate of drug-likeness (QED) is 0.579. The number of benzene rings is 2. The van der Waals surface area contributed by atoms with E-state index in [4.69, 9.17) is 0 Å². The lowest BCUT2D eigenvalue weighted by atomic mass is 10.1. The maximum Gasteiger partial charge on any atom is 0.262 e. The van der Waals surface area contributed by atoms with Crippen LogP contribution in [0.3, 0.4) is 0 Å². The molecule has 0 fully saturated rings. The van der Waals surface area contributed by atoms with E-state index in [1.165, 1.54) is 0 Å². The highest BCUT2D eigenvalue weighted by molar-refractivity contribution is 6.22. The third-order valence-electron chi connectivity index (χ3n) is 4.90. The molecule has 2 N–H and O–H groups in total. The maximum absolute atomic E-state index is 12.4. The van der Waals surface area contributed by atoms with Crippen molar-refractivity contribution in [3.8, 4) is 0 Å². The van der Waals surface area contributed by atoms with Gasteiger partial charge in [0.15, 0.2) is 0 Å². The molecule has 2 heterocycles. The Balaban J connectivity index is 1.39. The standard InChI is InChI=1S/C23H22N6O3/c1-14-12-19(28(2)3)27-23(24-14)26-16-10-8-15(9-11-16)25-20(30)13-29-21(31)17-6-4-5-7-18(17)22(29)32/h4-12H,13H2,1-3H3,(H,25,30)(H,24,26,27). The molecule has 0 saturated heterocycles. The van der Waals surface area contributed by atoms with Gasteiger partial charge in [-0.05, 0) is 43.3 Å². The summed E-state index contributed by atoms with van der Waals surface area (Å²) in [5, 5.41) is 5.85. The number of carbonyl (C=O) groups excluding carboxylic acids is 3. The third kappa shape index (κ3) is 4.27. The molecule has 0 atom stereocenters. The first-order chi connectivity index (χ1) is 15.3. The van der Waals surface area contributed by atoms with Crippen LogP contribution in [0.15, 0.2) is 54.6 Å². The second-order valence-electron chi connectivity index (χ2n) is 7.58. The Hall–Kier alpha value is -4.27. The summed E-state index contributed by atoms with van der Waals surface area (Å²) in [5.41, 5.74) is 2.76. The van der Waals surface area contributed by atoms with Crippen molar-refractivity contribution >= 4 is 40.9 Å². The molecule has 1 aromatic heterocycles. The number of hydrogen-bond acceptors (Lipinski definition) is 7. The van der Waals surface area contributed by atoms with Gasteiger partial charge in [-0.15, -0.1) is 0 Å². The number of rotatable bonds is 6. The lowest BCUT2D eigenvalue weighted by Crippen LogP contribution is -2.37. The molecule has 32 heavy (non-hydrogen) atoms. The van der Waals surface area contributed by atoms with Gasteiger partial charge in [0.1, 0.15) is 12.4 Å². The van der Waals surface area contributed by atoms with Crippen molar-refractivity contribution in [1.29, 1.82) is 0 Å². The van der Waals surface area contributed by atoms with Crippen molar-refractivity contribution < 1.29 is 14.4 Å². The Morgan fingerprint density at radius 2 is 1.53 bits per heavy atom. The molecule has 1 aliphatic heterocycles. The van der Waals surface area contributed by atoms with Crippen LogP contribution in [0.4, 0.5) is 23.1 Å². The van der Waals surface area contributed by atoms with Crippen molar-refractivity contribution in [1.82, 2.24) is 14.9 Å². The van der Waals surface area contributed by atoms with Gasteiger partial charge >= 0.3 is 0 Å². The normalized spacial score (nSPS) is 12.5. The molecule has 9 heteroatoms. The zero-order chi connectivity index (χ0) is 22.8. The molecule has 0 radical (unpaired) electrons.